The first-order chi connectivity index (χ1) is 14.6. The summed E-state index contributed by atoms with van der Waals surface area (Å²) < 4.78 is 69.8. The summed E-state index contributed by atoms with van der Waals surface area (Å²) in [7, 11) is -4.45. The first kappa shape index (κ1) is 24.5. The van der Waals surface area contributed by atoms with Gasteiger partial charge in [-0.05, 0) is 54.2 Å². The predicted molar refractivity (Wildman–Crippen MR) is 111 cm³/mol. The minimum Gasteiger partial charge on any atom is -0.465 e. The summed E-state index contributed by atoms with van der Waals surface area (Å²) in [4.78, 5) is 11.5. The summed E-state index contributed by atoms with van der Waals surface area (Å²) in [6, 6.07) is 12.0. The molecule has 0 amide bonds. The quantitative estimate of drug-likeness (QED) is 0.346. The van der Waals surface area contributed by atoms with Crippen LogP contribution in [-0.4, -0.2) is 27.0 Å². The van der Waals surface area contributed by atoms with Crippen LogP contribution >= 0.6 is 0 Å². The Morgan fingerprint density at radius 3 is 2.26 bits per heavy atom. The van der Waals surface area contributed by atoms with Gasteiger partial charge in [-0.3, -0.25) is 0 Å². The fourth-order valence-corrected chi connectivity index (χ4v) is 3.58. The van der Waals surface area contributed by atoms with Gasteiger partial charge in [0.05, 0.1) is 12.7 Å². The summed E-state index contributed by atoms with van der Waals surface area (Å²) in [5, 5.41) is 0. The lowest BCUT2D eigenvalue weighted by atomic mass is 9.96. The number of esters is 1. The number of hydrogen-bond donors (Lipinski definition) is 0. The van der Waals surface area contributed by atoms with Gasteiger partial charge in [0.15, 0.2) is 0 Å². The highest BCUT2D eigenvalue weighted by Gasteiger charge is 2.49. The van der Waals surface area contributed by atoms with E-state index in [-0.39, 0.29) is 5.76 Å². The van der Waals surface area contributed by atoms with Crippen LogP contribution in [-0.2, 0) is 38.3 Å². The maximum atomic E-state index is 12.7. The number of carbonyl (C=O) groups excluding carboxylic acids is 1. The van der Waals surface area contributed by atoms with Crippen LogP contribution in [0.15, 0.2) is 48.5 Å². The van der Waals surface area contributed by atoms with E-state index in [9.17, 15) is 26.4 Å². The maximum absolute atomic E-state index is 12.7. The number of hydrogen-bond acceptors (Lipinski definition) is 5. The Bertz CT molecular complexity index is 1060. The van der Waals surface area contributed by atoms with Crippen molar-refractivity contribution < 1.29 is 35.3 Å². The second-order valence-electron chi connectivity index (χ2n) is 6.40. The lowest BCUT2D eigenvalue weighted by Crippen LogP contribution is -2.25. The molecular weight excluding hydrogens is 433 g/mol. The van der Waals surface area contributed by atoms with Crippen LogP contribution in [0.25, 0.3) is 5.76 Å². The van der Waals surface area contributed by atoms with Crippen molar-refractivity contribution in [3.63, 3.8) is 0 Å². The van der Waals surface area contributed by atoms with Gasteiger partial charge >= 0.3 is 21.6 Å². The van der Waals surface area contributed by atoms with Gasteiger partial charge < -0.3 is 8.92 Å². The Hall–Kier alpha value is -2.81. The van der Waals surface area contributed by atoms with Crippen LogP contribution in [0.4, 0.5) is 13.2 Å². The second-order valence-corrected chi connectivity index (χ2v) is 7.93. The second kappa shape index (κ2) is 10.00. The number of methoxy groups -OCH3 is 1. The zero-order valence-electron chi connectivity index (χ0n) is 17.3. The molecule has 0 heterocycles. The van der Waals surface area contributed by atoms with E-state index in [0.29, 0.717) is 41.5 Å². The molecule has 0 N–H and O–H groups in total. The first-order valence-electron chi connectivity index (χ1n) is 9.61. The molecule has 5 nitrogen and oxygen atoms in total. The third-order valence-electron chi connectivity index (χ3n) is 4.53. The summed E-state index contributed by atoms with van der Waals surface area (Å²) >= 11 is 0. The normalized spacial score (nSPS) is 12.9. The van der Waals surface area contributed by atoms with Gasteiger partial charge in [0.25, 0.3) is 0 Å². The molecule has 0 spiro atoms. The Balaban J connectivity index is 0.00000166. The molecule has 31 heavy (non-hydrogen) atoms. The van der Waals surface area contributed by atoms with Crippen LogP contribution in [0, 0.1) is 0 Å². The molecular formula is C22H23F3O5S. The summed E-state index contributed by atoms with van der Waals surface area (Å²) in [5.41, 5.74) is -2.41. The molecule has 0 bridgehead atoms. The van der Waals surface area contributed by atoms with Crippen molar-refractivity contribution in [2.24, 2.45) is 0 Å². The maximum Gasteiger partial charge on any atom is 0.534 e. The summed E-state index contributed by atoms with van der Waals surface area (Å²) in [6.45, 7) is 4.00. The molecule has 1 aliphatic rings. The number of allylic oxidation sites excluding steroid dienone is 1. The fraction of sp³-hybridized carbons (Fsp3) is 0.318. The summed E-state index contributed by atoms with van der Waals surface area (Å²) in [5.74, 6) is -0.746. The molecule has 0 aromatic heterocycles. The molecule has 3 rings (SSSR count). The Kier molecular flexibility index (Phi) is 7.89. The molecule has 0 saturated heterocycles. The predicted octanol–water partition coefficient (Wildman–Crippen LogP) is 5.05. The first-order valence-corrected chi connectivity index (χ1v) is 11.0. The number of rotatable bonds is 6. The highest BCUT2D eigenvalue weighted by molar-refractivity contribution is 7.87. The van der Waals surface area contributed by atoms with Crippen LogP contribution in [0.5, 0.6) is 0 Å². The molecule has 0 fully saturated rings. The third kappa shape index (κ3) is 5.66. The lowest BCUT2D eigenvalue weighted by Gasteiger charge is -2.14. The average Bonchev–Trinajstić information content (AvgIpc) is 3.15. The van der Waals surface area contributed by atoms with E-state index in [4.69, 9.17) is 0 Å². The number of aryl methyl sites for hydroxylation is 2. The molecule has 168 valence electrons. The smallest absolute Gasteiger partial charge is 0.465 e. The highest BCUT2D eigenvalue weighted by Crippen LogP contribution is 2.36. The Morgan fingerprint density at radius 2 is 1.68 bits per heavy atom. The van der Waals surface area contributed by atoms with E-state index in [1.54, 1.807) is 42.5 Å². The summed E-state index contributed by atoms with van der Waals surface area (Å²) in [6.07, 6.45) is 2.62. The number of halogens is 3. The van der Waals surface area contributed by atoms with Gasteiger partial charge in [-0.25, -0.2) is 4.79 Å². The van der Waals surface area contributed by atoms with Gasteiger partial charge in [0, 0.05) is 5.56 Å². The topological polar surface area (TPSA) is 69.7 Å². The number of carbonyl (C=O) groups is 1. The minimum absolute atomic E-state index is 0.291. The highest BCUT2D eigenvalue weighted by atomic mass is 32.2. The average molecular weight is 456 g/mol. The Labute approximate surface area is 179 Å². The van der Waals surface area contributed by atoms with Crippen LogP contribution in [0.3, 0.4) is 0 Å². The van der Waals surface area contributed by atoms with Crippen molar-refractivity contribution in [2.45, 2.75) is 38.6 Å². The van der Waals surface area contributed by atoms with Crippen molar-refractivity contribution in [3.05, 3.63) is 76.4 Å². The van der Waals surface area contributed by atoms with Crippen molar-refractivity contribution >= 4 is 21.8 Å². The van der Waals surface area contributed by atoms with Gasteiger partial charge in [0.2, 0.25) is 0 Å². The van der Waals surface area contributed by atoms with Crippen molar-refractivity contribution in [2.75, 3.05) is 7.11 Å². The van der Waals surface area contributed by atoms with Crippen LogP contribution < -0.4 is 0 Å². The molecule has 0 atom stereocenters. The molecule has 2 aromatic rings. The molecule has 2 aromatic carbocycles. The SMILES string of the molecule is CC.COC(=O)c1ccc(CCc2cccc3c2C(OS(=O)(=O)C(F)(F)F)=CC3)cc1. The van der Waals surface area contributed by atoms with E-state index >= 15 is 0 Å². The molecule has 0 saturated carbocycles. The van der Waals surface area contributed by atoms with E-state index in [1.807, 2.05) is 13.8 Å². The van der Waals surface area contributed by atoms with Crippen molar-refractivity contribution in [1.29, 1.82) is 0 Å². The standard InChI is InChI=1S/C20H17F3O5S.C2H6/c1-27-19(24)16-9-6-13(7-10-16)5-8-14-3-2-4-15-11-12-17(18(14)15)28-29(25,26)20(21,22)23;1-2/h2-4,6-7,9-10,12H,5,8,11H2,1H3;1-2H3. The zero-order chi connectivity index (χ0) is 23.2. The number of alkyl halides is 3. The number of fused-ring (bicyclic) bond motifs is 1. The van der Waals surface area contributed by atoms with Gasteiger partial charge in [-0.2, -0.15) is 21.6 Å². The molecule has 9 heteroatoms. The van der Waals surface area contributed by atoms with Crippen LogP contribution in [0.2, 0.25) is 0 Å². The molecule has 1 aliphatic carbocycles. The third-order valence-corrected chi connectivity index (χ3v) is 5.50. The number of ether oxygens (including phenoxy) is 1. The number of benzene rings is 2. The van der Waals surface area contributed by atoms with Gasteiger partial charge in [-0.1, -0.05) is 44.2 Å². The van der Waals surface area contributed by atoms with Gasteiger partial charge in [0.1, 0.15) is 5.76 Å². The molecule has 0 radical (unpaired) electrons. The van der Waals surface area contributed by atoms with E-state index in [0.717, 1.165) is 5.56 Å². The zero-order valence-corrected chi connectivity index (χ0v) is 18.1. The van der Waals surface area contributed by atoms with Gasteiger partial charge in [-0.15, -0.1) is 0 Å². The van der Waals surface area contributed by atoms with Crippen LogP contribution in [0.1, 0.15) is 46.5 Å². The van der Waals surface area contributed by atoms with Crippen molar-refractivity contribution in [3.8, 4) is 0 Å². The van der Waals surface area contributed by atoms with E-state index in [1.165, 1.54) is 13.2 Å². The monoisotopic (exact) mass is 456 g/mol. The molecule has 0 aliphatic heterocycles. The van der Waals surface area contributed by atoms with Crippen molar-refractivity contribution in [1.82, 2.24) is 0 Å². The Morgan fingerprint density at radius 1 is 1.03 bits per heavy atom. The largest absolute Gasteiger partial charge is 0.534 e. The van der Waals surface area contributed by atoms with E-state index < -0.39 is 21.6 Å². The molecule has 0 unspecified atom stereocenters. The lowest BCUT2D eigenvalue weighted by molar-refractivity contribution is -0.0509. The fourth-order valence-electron chi connectivity index (χ4n) is 3.10. The van der Waals surface area contributed by atoms with E-state index in [2.05, 4.69) is 8.92 Å². The minimum atomic E-state index is -5.74.